The van der Waals surface area contributed by atoms with Crippen LogP contribution in [0.5, 0.6) is 11.5 Å². The van der Waals surface area contributed by atoms with Crippen molar-refractivity contribution in [2.24, 2.45) is 0 Å². The van der Waals surface area contributed by atoms with Crippen LogP contribution in [0.25, 0.3) is 27.4 Å². The molecule has 0 atom stereocenters. The predicted molar refractivity (Wildman–Crippen MR) is 183 cm³/mol. The van der Waals surface area contributed by atoms with Gasteiger partial charge in [0.15, 0.2) is 17.3 Å². The van der Waals surface area contributed by atoms with Crippen molar-refractivity contribution in [3.05, 3.63) is 64.2 Å². The van der Waals surface area contributed by atoms with Gasteiger partial charge in [0.05, 0.1) is 30.0 Å². The Bertz CT molecular complexity index is 1870. The number of halogens is 1. The fourth-order valence-electron chi connectivity index (χ4n) is 6.76. The number of hydrogen-bond acceptors (Lipinski definition) is 9. The number of piperazine rings is 1. The van der Waals surface area contributed by atoms with Crippen LogP contribution in [0.3, 0.4) is 0 Å². The van der Waals surface area contributed by atoms with Crippen molar-refractivity contribution in [2.45, 2.75) is 12.8 Å². The number of aromatic nitrogens is 1. The summed E-state index contributed by atoms with van der Waals surface area (Å²) in [6.07, 6.45) is 3.06. The number of likely N-dealkylation sites (N-methyl/N-ethyl adjacent to an activating group) is 1. The fraction of sp³-hybridized carbons (Fsp3) is 0.429. The molecule has 4 N–H and O–H groups in total. The molecule has 0 unspecified atom stereocenters. The van der Waals surface area contributed by atoms with E-state index in [1.807, 2.05) is 36.4 Å². The van der Waals surface area contributed by atoms with E-state index in [-0.39, 0.29) is 28.1 Å². The lowest BCUT2D eigenvalue weighted by molar-refractivity contribution is 0.0378. The average molecular weight is 644 g/mol. The number of rotatable bonds is 10. The Hall–Kier alpha value is -4.23. The van der Waals surface area contributed by atoms with Crippen molar-refractivity contribution in [1.29, 1.82) is 0 Å². The molecule has 1 aromatic heterocycles. The summed E-state index contributed by atoms with van der Waals surface area (Å²) in [5, 5.41) is 7.96. The molecular formula is C35H42FN7O4. The third-order valence-electron chi connectivity index (χ3n) is 9.51. The van der Waals surface area contributed by atoms with Crippen molar-refractivity contribution < 1.29 is 18.7 Å². The van der Waals surface area contributed by atoms with Gasteiger partial charge in [-0.15, -0.1) is 0 Å². The van der Waals surface area contributed by atoms with E-state index < -0.39 is 17.2 Å². The maximum absolute atomic E-state index is 16.2. The molecular weight excluding hydrogens is 601 g/mol. The second-order valence-electron chi connectivity index (χ2n) is 12.7. The number of anilines is 2. The van der Waals surface area contributed by atoms with Crippen LogP contribution in [0.15, 0.2) is 47.4 Å². The van der Waals surface area contributed by atoms with Gasteiger partial charge in [-0.25, -0.2) is 4.39 Å². The van der Waals surface area contributed by atoms with Gasteiger partial charge in [0, 0.05) is 58.6 Å². The number of nitrogens with zero attached hydrogens (tertiary/aromatic N) is 4. The molecule has 0 aliphatic carbocycles. The number of nitrogens with two attached hydrogens (primary N) is 1. The SMILES string of the molecule is CN1CCN(CCCNC(=O)c2cn3c4c(c(NCCCN5CCOCC5)c(F)c(N)c4c2=O)Oc2cc4ccccc4cc2-3)CC1. The Kier molecular flexibility index (Phi) is 9.00. The Morgan fingerprint density at radius 3 is 2.38 bits per heavy atom. The third kappa shape index (κ3) is 6.26. The van der Waals surface area contributed by atoms with E-state index in [9.17, 15) is 9.59 Å². The van der Waals surface area contributed by atoms with E-state index in [0.717, 1.165) is 76.0 Å². The zero-order chi connectivity index (χ0) is 32.5. The molecule has 0 spiro atoms. The third-order valence-corrected chi connectivity index (χ3v) is 9.51. The Morgan fingerprint density at radius 2 is 1.64 bits per heavy atom. The van der Waals surface area contributed by atoms with Crippen LogP contribution in [0.2, 0.25) is 0 Å². The van der Waals surface area contributed by atoms with E-state index in [1.54, 1.807) is 10.8 Å². The smallest absolute Gasteiger partial charge is 0.256 e. The Labute approximate surface area is 273 Å². The van der Waals surface area contributed by atoms with E-state index in [1.165, 1.54) is 0 Å². The number of ether oxygens (including phenoxy) is 2. The molecule has 0 radical (unpaired) electrons. The van der Waals surface area contributed by atoms with Gasteiger partial charge in [0.2, 0.25) is 5.43 Å². The predicted octanol–water partition coefficient (Wildman–Crippen LogP) is 3.47. The van der Waals surface area contributed by atoms with Gasteiger partial charge in [-0.2, -0.15) is 0 Å². The normalized spacial score (nSPS) is 17.1. The number of benzene rings is 3. The van der Waals surface area contributed by atoms with Crippen LogP contribution in [-0.2, 0) is 4.74 Å². The summed E-state index contributed by atoms with van der Waals surface area (Å²) in [6, 6.07) is 11.7. The number of hydrogen-bond donors (Lipinski definition) is 3. The first-order chi connectivity index (χ1) is 22.9. The van der Waals surface area contributed by atoms with Crippen LogP contribution in [-0.4, -0.2) is 111 Å². The Morgan fingerprint density at radius 1 is 0.957 bits per heavy atom. The second kappa shape index (κ2) is 13.5. The molecule has 1 amide bonds. The highest BCUT2D eigenvalue weighted by atomic mass is 19.1. The van der Waals surface area contributed by atoms with Crippen molar-refractivity contribution >= 4 is 39.0 Å². The van der Waals surface area contributed by atoms with Gasteiger partial charge < -0.3 is 40.2 Å². The summed E-state index contributed by atoms with van der Waals surface area (Å²) in [7, 11) is 2.12. The molecule has 3 aromatic carbocycles. The number of carbonyl (C=O) groups is 1. The van der Waals surface area contributed by atoms with Gasteiger partial charge in [0.25, 0.3) is 5.91 Å². The first kappa shape index (κ1) is 31.4. The molecule has 2 fully saturated rings. The van der Waals surface area contributed by atoms with Crippen LogP contribution < -0.4 is 26.5 Å². The largest absolute Gasteiger partial charge is 0.451 e. The van der Waals surface area contributed by atoms with E-state index in [2.05, 4.69) is 32.4 Å². The van der Waals surface area contributed by atoms with Gasteiger partial charge in [-0.3, -0.25) is 14.5 Å². The molecule has 12 heteroatoms. The fourth-order valence-corrected chi connectivity index (χ4v) is 6.76. The van der Waals surface area contributed by atoms with Crippen LogP contribution in [0, 0.1) is 5.82 Å². The monoisotopic (exact) mass is 643 g/mol. The maximum Gasteiger partial charge on any atom is 0.256 e. The van der Waals surface area contributed by atoms with E-state index in [4.69, 9.17) is 15.2 Å². The summed E-state index contributed by atoms with van der Waals surface area (Å²) in [5.74, 6) is -0.617. The minimum Gasteiger partial charge on any atom is -0.451 e. The minimum absolute atomic E-state index is 0.0692. The second-order valence-corrected chi connectivity index (χ2v) is 12.7. The van der Waals surface area contributed by atoms with Crippen LogP contribution in [0.1, 0.15) is 23.2 Å². The lowest BCUT2D eigenvalue weighted by Gasteiger charge is -2.32. The van der Waals surface area contributed by atoms with Gasteiger partial charge >= 0.3 is 0 Å². The van der Waals surface area contributed by atoms with Crippen molar-refractivity contribution in [3.8, 4) is 17.2 Å². The summed E-state index contributed by atoms with van der Waals surface area (Å²) >= 11 is 0. The summed E-state index contributed by atoms with van der Waals surface area (Å²) < 4.78 is 29.8. The molecule has 2 saturated heterocycles. The highest BCUT2D eigenvalue weighted by molar-refractivity contribution is 6.06. The molecule has 3 aliphatic heterocycles. The molecule has 0 saturated carbocycles. The number of pyridine rings is 1. The Balaban J connectivity index is 1.22. The first-order valence-corrected chi connectivity index (χ1v) is 16.5. The lowest BCUT2D eigenvalue weighted by atomic mass is 10.0. The molecule has 4 aromatic rings. The number of amides is 1. The van der Waals surface area contributed by atoms with Gasteiger partial charge in [0.1, 0.15) is 16.8 Å². The first-order valence-electron chi connectivity index (χ1n) is 16.5. The summed E-state index contributed by atoms with van der Waals surface area (Å²) in [4.78, 5) is 34.5. The number of nitrogen functional groups attached to an aromatic ring is 1. The van der Waals surface area contributed by atoms with Crippen molar-refractivity contribution in [3.63, 3.8) is 0 Å². The van der Waals surface area contributed by atoms with Crippen LogP contribution >= 0.6 is 0 Å². The summed E-state index contributed by atoms with van der Waals surface area (Å²) in [5.41, 5.74) is 6.44. The lowest BCUT2D eigenvalue weighted by Crippen LogP contribution is -2.45. The summed E-state index contributed by atoms with van der Waals surface area (Å²) in [6.45, 7) is 9.78. The minimum atomic E-state index is -0.767. The van der Waals surface area contributed by atoms with E-state index >= 15 is 4.39 Å². The van der Waals surface area contributed by atoms with Crippen LogP contribution in [0.4, 0.5) is 15.8 Å². The molecule has 4 heterocycles. The number of carbonyl (C=O) groups excluding carboxylic acids is 1. The highest BCUT2D eigenvalue weighted by Gasteiger charge is 2.31. The van der Waals surface area contributed by atoms with Crippen molar-refractivity contribution in [2.75, 3.05) is 96.8 Å². The van der Waals surface area contributed by atoms with Gasteiger partial charge in [-0.1, -0.05) is 24.3 Å². The highest BCUT2D eigenvalue weighted by Crippen LogP contribution is 2.48. The maximum atomic E-state index is 16.2. The molecule has 47 heavy (non-hydrogen) atoms. The van der Waals surface area contributed by atoms with Crippen molar-refractivity contribution in [1.82, 2.24) is 24.6 Å². The number of nitrogens with one attached hydrogen (secondary N) is 2. The topological polar surface area (TPSA) is 117 Å². The quantitative estimate of drug-likeness (QED) is 0.155. The zero-order valence-electron chi connectivity index (χ0n) is 26.8. The number of fused-ring (bicyclic) bond motifs is 3. The van der Waals surface area contributed by atoms with Gasteiger partial charge in [-0.05, 0) is 55.9 Å². The zero-order valence-corrected chi connectivity index (χ0v) is 26.8. The standard InChI is InChI=1S/C35H42FN7O4/c1-40-12-14-41(15-13-40)10-5-9-39-35(45)25-22-43-26-20-23-6-2-3-7-24(23)21-27(26)47-34-31(29(36)30(37)28(32(34)43)33(25)44)38-8-4-11-42-16-18-46-19-17-42/h2-3,6-7,20-22,38H,4-5,8-19,37H2,1H3,(H,39,45). The molecule has 3 aliphatic rings. The molecule has 7 rings (SSSR count). The molecule has 248 valence electrons. The number of morpholine rings is 1. The average Bonchev–Trinajstić information content (AvgIpc) is 3.09. The van der Waals surface area contributed by atoms with E-state index in [0.29, 0.717) is 43.3 Å². The molecule has 0 bridgehead atoms. The molecule has 11 nitrogen and oxygen atoms in total.